The molecule has 0 aromatic rings. The summed E-state index contributed by atoms with van der Waals surface area (Å²) in [5, 5.41) is 9.29. The fourth-order valence-corrected chi connectivity index (χ4v) is 4.30. The van der Waals surface area contributed by atoms with Crippen molar-refractivity contribution in [3.63, 3.8) is 0 Å². The molecule has 7 heteroatoms. The lowest BCUT2D eigenvalue weighted by atomic mass is 9.88. The minimum Gasteiger partial charge on any atom is -0.512 e. The number of rotatable bonds is 8. The molecule has 0 amide bonds. The number of ketones is 3. The molecule has 3 aliphatic heterocycles. The average molecular weight is 428 g/mol. The molecule has 2 aliphatic carbocycles. The molecule has 0 aromatic heterocycles. The molecule has 1 atom stereocenters. The van der Waals surface area contributed by atoms with Gasteiger partial charge < -0.3 is 19.8 Å². The lowest BCUT2D eigenvalue weighted by Crippen LogP contribution is -2.29. The second-order valence-corrected chi connectivity index (χ2v) is 9.11. The molecule has 3 saturated heterocycles. The number of aliphatic hydroxyl groups is 1. The van der Waals surface area contributed by atoms with Gasteiger partial charge in [0.2, 0.25) is 11.6 Å². The number of nitrogens with zero attached hydrogens (tertiary/aromatic N) is 3. The molecule has 1 N–H and O–H groups in total. The summed E-state index contributed by atoms with van der Waals surface area (Å²) >= 11 is 0. The van der Waals surface area contributed by atoms with Gasteiger partial charge in [-0.3, -0.25) is 14.4 Å². The van der Waals surface area contributed by atoms with Crippen LogP contribution in [0.3, 0.4) is 0 Å². The summed E-state index contributed by atoms with van der Waals surface area (Å²) in [7, 11) is 0. The van der Waals surface area contributed by atoms with Gasteiger partial charge in [0.1, 0.15) is 11.4 Å². The standard InChI is InChI=1S/C12H13N3O2.C12H20O2/c16-9-7-8(13-1-2-13)12(17)11(15-5-6-15)10(9)14-3-4-14;1-2-3-4-5-6-10-7-11(13)9-12(14)8-10/h7H,1-6H2;9-10,13H,2-8H2,1H3. The van der Waals surface area contributed by atoms with Gasteiger partial charge in [-0.2, -0.15) is 0 Å². The Kier molecular flexibility index (Phi) is 6.49. The van der Waals surface area contributed by atoms with Gasteiger partial charge >= 0.3 is 0 Å². The second-order valence-electron chi connectivity index (χ2n) is 9.11. The van der Waals surface area contributed by atoms with Gasteiger partial charge in [-0.15, -0.1) is 0 Å². The van der Waals surface area contributed by atoms with Crippen LogP contribution in [0, 0.1) is 5.92 Å². The third kappa shape index (κ3) is 5.57. The molecular weight excluding hydrogens is 394 g/mol. The number of carbonyl (C=O) groups excluding carboxylic acids is 3. The van der Waals surface area contributed by atoms with Gasteiger partial charge in [0.15, 0.2) is 5.78 Å². The highest BCUT2D eigenvalue weighted by atomic mass is 16.3. The Morgan fingerprint density at radius 2 is 1.48 bits per heavy atom. The molecule has 0 spiro atoms. The molecule has 0 bridgehead atoms. The minimum absolute atomic E-state index is 0.00546. The second kappa shape index (κ2) is 9.28. The molecule has 0 saturated carbocycles. The summed E-state index contributed by atoms with van der Waals surface area (Å²) in [4.78, 5) is 41.6. The van der Waals surface area contributed by atoms with Crippen molar-refractivity contribution in [2.24, 2.45) is 5.92 Å². The average Bonchev–Trinajstić information content (AvgIpc) is 3.55. The molecule has 168 valence electrons. The zero-order chi connectivity index (χ0) is 22.0. The van der Waals surface area contributed by atoms with E-state index in [9.17, 15) is 19.5 Å². The van der Waals surface area contributed by atoms with E-state index >= 15 is 0 Å². The fraction of sp³-hybridized carbons (Fsp3) is 0.625. The largest absolute Gasteiger partial charge is 0.512 e. The molecule has 3 heterocycles. The van der Waals surface area contributed by atoms with E-state index in [0.717, 1.165) is 45.7 Å². The normalized spacial score (nSPS) is 24.6. The van der Waals surface area contributed by atoms with Crippen LogP contribution in [0.15, 0.2) is 35.0 Å². The third-order valence-corrected chi connectivity index (χ3v) is 6.27. The minimum atomic E-state index is 0.00546. The van der Waals surface area contributed by atoms with Crippen LogP contribution in [0.5, 0.6) is 0 Å². The van der Waals surface area contributed by atoms with Gasteiger partial charge in [-0.25, -0.2) is 0 Å². The summed E-state index contributed by atoms with van der Waals surface area (Å²) in [6.07, 6.45) is 10.3. The Labute approximate surface area is 184 Å². The molecular formula is C24H33N3O4. The van der Waals surface area contributed by atoms with E-state index in [1.54, 1.807) is 0 Å². The Hall–Kier alpha value is -2.57. The lowest BCUT2D eigenvalue weighted by molar-refractivity contribution is -0.117. The smallest absolute Gasteiger partial charge is 0.227 e. The first-order valence-corrected chi connectivity index (χ1v) is 11.7. The van der Waals surface area contributed by atoms with Crippen LogP contribution >= 0.6 is 0 Å². The van der Waals surface area contributed by atoms with E-state index in [4.69, 9.17) is 0 Å². The first-order valence-electron chi connectivity index (χ1n) is 11.7. The Morgan fingerprint density at radius 1 is 0.839 bits per heavy atom. The van der Waals surface area contributed by atoms with Crippen molar-refractivity contribution in [2.45, 2.75) is 51.9 Å². The zero-order valence-corrected chi connectivity index (χ0v) is 18.4. The van der Waals surface area contributed by atoms with Crippen LogP contribution < -0.4 is 0 Å². The predicted molar refractivity (Wildman–Crippen MR) is 117 cm³/mol. The number of hydrogen-bond donors (Lipinski definition) is 1. The van der Waals surface area contributed by atoms with Crippen LogP contribution in [-0.2, 0) is 14.4 Å². The van der Waals surface area contributed by atoms with Crippen LogP contribution in [0.4, 0.5) is 0 Å². The van der Waals surface area contributed by atoms with Crippen molar-refractivity contribution in [1.29, 1.82) is 0 Å². The number of allylic oxidation sites excluding steroid dienone is 3. The van der Waals surface area contributed by atoms with E-state index in [0.29, 0.717) is 35.9 Å². The maximum Gasteiger partial charge on any atom is 0.227 e. The Morgan fingerprint density at radius 3 is 2.06 bits per heavy atom. The van der Waals surface area contributed by atoms with Crippen LogP contribution in [0.1, 0.15) is 51.9 Å². The van der Waals surface area contributed by atoms with Gasteiger partial charge in [0.05, 0.1) is 11.5 Å². The van der Waals surface area contributed by atoms with Crippen molar-refractivity contribution in [3.8, 4) is 0 Å². The lowest BCUT2D eigenvalue weighted by Gasteiger charge is -2.21. The van der Waals surface area contributed by atoms with E-state index in [1.165, 1.54) is 37.8 Å². The fourth-order valence-electron chi connectivity index (χ4n) is 4.30. The van der Waals surface area contributed by atoms with Crippen molar-refractivity contribution in [2.75, 3.05) is 39.3 Å². The van der Waals surface area contributed by atoms with Gasteiger partial charge in [-0.05, 0) is 12.3 Å². The first kappa shape index (κ1) is 21.7. The number of carbonyl (C=O) groups is 3. The summed E-state index contributed by atoms with van der Waals surface area (Å²) in [6, 6.07) is 0. The Bertz CT molecular complexity index is 845. The zero-order valence-electron chi connectivity index (χ0n) is 18.4. The van der Waals surface area contributed by atoms with E-state index in [2.05, 4.69) is 6.92 Å². The summed E-state index contributed by atoms with van der Waals surface area (Å²) in [5.41, 5.74) is 1.89. The van der Waals surface area contributed by atoms with E-state index in [-0.39, 0.29) is 23.1 Å². The summed E-state index contributed by atoms with van der Waals surface area (Å²) in [5.74, 6) is 0.813. The van der Waals surface area contributed by atoms with Crippen LogP contribution in [0.2, 0.25) is 0 Å². The molecule has 7 nitrogen and oxygen atoms in total. The Balaban J connectivity index is 0.000000153. The van der Waals surface area contributed by atoms with Crippen molar-refractivity contribution in [1.82, 2.24) is 14.7 Å². The van der Waals surface area contributed by atoms with Crippen LogP contribution in [-0.4, -0.2) is 76.4 Å². The number of Topliss-reactive ketones (excluding diaryl/α,β-unsaturated/α-hetero) is 1. The van der Waals surface area contributed by atoms with Gasteiger partial charge in [-0.1, -0.05) is 32.6 Å². The topological polar surface area (TPSA) is 80.5 Å². The summed E-state index contributed by atoms with van der Waals surface area (Å²) in [6.45, 7) is 7.60. The van der Waals surface area contributed by atoms with Gasteiger partial charge in [0.25, 0.3) is 0 Å². The number of unbranched alkanes of at least 4 members (excludes halogenated alkanes) is 3. The quantitative estimate of drug-likeness (QED) is 0.362. The summed E-state index contributed by atoms with van der Waals surface area (Å²) < 4.78 is 0. The molecule has 5 aliphatic rings. The molecule has 5 rings (SSSR count). The highest BCUT2D eigenvalue weighted by Gasteiger charge is 2.43. The van der Waals surface area contributed by atoms with Crippen molar-refractivity contribution in [3.05, 3.63) is 35.0 Å². The molecule has 1 unspecified atom stereocenters. The maximum atomic E-state index is 12.4. The molecule has 3 fully saturated rings. The first-order chi connectivity index (χ1) is 15.0. The number of hydrogen-bond acceptors (Lipinski definition) is 7. The van der Waals surface area contributed by atoms with Gasteiger partial charge in [0, 0.05) is 64.3 Å². The highest BCUT2D eigenvalue weighted by molar-refractivity contribution is 6.22. The van der Waals surface area contributed by atoms with E-state index in [1.807, 2.05) is 14.7 Å². The van der Waals surface area contributed by atoms with E-state index < -0.39 is 0 Å². The predicted octanol–water partition coefficient (Wildman–Crippen LogP) is 2.56. The van der Waals surface area contributed by atoms with Crippen LogP contribution in [0.25, 0.3) is 0 Å². The monoisotopic (exact) mass is 427 g/mol. The molecule has 0 radical (unpaired) electrons. The highest BCUT2D eigenvalue weighted by Crippen LogP contribution is 2.34. The van der Waals surface area contributed by atoms with Crippen molar-refractivity contribution >= 4 is 17.3 Å². The molecule has 31 heavy (non-hydrogen) atoms. The third-order valence-electron chi connectivity index (χ3n) is 6.27. The molecule has 0 aromatic carbocycles. The van der Waals surface area contributed by atoms with Crippen molar-refractivity contribution < 1.29 is 19.5 Å². The SMILES string of the molecule is CCCCCCC1CC(=O)C=C(O)C1.O=C1C=C(N2CC2)C(=O)C(N2CC2)=C1N1CC1. The maximum absolute atomic E-state index is 12.4. The number of aliphatic hydroxyl groups excluding tert-OH is 1.